The van der Waals surface area contributed by atoms with Gasteiger partial charge >= 0.3 is 0 Å². The molecule has 0 saturated carbocycles. The standard InChI is InChI=1S/C23H14OS2/c1-14-17-9-5-6-10-18(17)23(25)19(14)11-16-12-21-22(26-16)13-20(24-21)15-7-3-2-4-8-15/h2-13H,1H2/b19-11-. The molecule has 0 fully saturated rings. The van der Waals surface area contributed by atoms with E-state index < -0.39 is 0 Å². The third-order valence-corrected chi connectivity index (χ3v) is 6.09. The summed E-state index contributed by atoms with van der Waals surface area (Å²) in [7, 11) is 0. The average Bonchev–Trinajstić information content (AvgIpc) is 3.30. The second-order valence-corrected chi connectivity index (χ2v) is 7.79. The van der Waals surface area contributed by atoms with E-state index in [4.69, 9.17) is 16.6 Å². The van der Waals surface area contributed by atoms with E-state index in [1.54, 1.807) is 11.3 Å². The lowest BCUT2D eigenvalue weighted by Gasteiger charge is -1.98. The number of thiocarbonyl (C=S) groups is 1. The minimum absolute atomic E-state index is 0.876. The van der Waals surface area contributed by atoms with Crippen molar-refractivity contribution in [3.63, 3.8) is 0 Å². The summed E-state index contributed by atoms with van der Waals surface area (Å²) in [5, 5.41) is 0. The fourth-order valence-corrected chi connectivity index (χ4v) is 4.66. The van der Waals surface area contributed by atoms with E-state index in [1.807, 2.05) is 30.3 Å². The first-order chi connectivity index (χ1) is 12.7. The van der Waals surface area contributed by atoms with Gasteiger partial charge in [-0.2, -0.15) is 0 Å². The fraction of sp³-hybridized carbons (Fsp3) is 0. The summed E-state index contributed by atoms with van der Waals surface area (Å²) in [6, 6.07) is 22.5. The van der Waals surface area contributed by atoms with Crippen LogP contribution in [0.4, 0.5) is 0 Å². The van der Waals surface area contributed by atoms with Gasteiger partial charge in [-0.25, -0.2) is 0 Å². The average molecular weight is 370 g/mol. The van der Waals surface area contributed by atoms with Crippen LogP contribution in [0.2, 0.25) is 0 Å². The summed E-state index contributed by atoms with van der Waals surface area (Å²) >= 11 is 7.38. The zero-order valence-corrected chi connectivity index (χ0v) is 15.5. The van der Waals surface area contributed by atoms with E-state index >= 15 is 0 Å². The number of rotatable bonds is 2. The quantitative estimate of drug-likeness (QED) is 0.279. The molecule has 1 aliphatic carbocycles. The van der Waals surface area contributed by atoms with Gasteiger partial charge < -0.3 is 4.42 Å². The Labute approximate surface area is 160 Å². The molecule has 1 aliphatic rings. The molecule has 26 heavy (non-hydrogen) atoms. The van der Waals surface area contributed by atoms with Gasteiger partial charge in [-0.1, -0.05) is 73.4 Å². The molecule has 2 heterocycles. The van der Waals surface area contributed by atoms with Crippen molar-refractivity contribution in [3.05, 3.63) is 94.9 Å². The lowest BCUT2D eigenvalue weighted by Crippen LogP contribution is -1.92. The van der Waals surface area contributed by atoms with Crippen LogP contribution in [0.1, 0.15) is 16.0 Å². The van der Waals surface area contributed by atoms with Crippen LogP contribution >= 0.6 is 23.6 Å². The Bertz CT molecular complexity index is 1140. The number of fused-ring (bicyclic) bond motifs is 2. The van der Waals surface area contributed by atoms with Crippen molar-refractivity contribution in [2.24, 2.45) is 0 Å². The van der Waals surface area contributed by atoms with Crippen molar-refractivity contribution in [1.82, 2.24) is 0 Å². The largest absolute Gasteiger partial charge is 0.455 e. The maximum Gasteiger partial charge on any atom is 0.146 e. The second-order valence-electron chi connectivity index (χ2n) is 6.27. The van der Waals surface area contributed by atoms with Crippen LogP contribution in [0.25, 0.3) is 33.3 Å². The van der Waals surface area contributed by atoms with Gasteiger partial charge in [0.2, 0.25) is 0 Å². The molecule has 1 nitrogen and oxygen atoms in total. The van der Waals surface area contributed by atoms with Gasteiger partial charge in [0, 0.05) is 27.6 Å². The fourth-order valence-electron chi connectivity index (χ4n) is 3.34. The minimum atomic E-state index is 0.876. The molecule has 2 aromatic heterocycles. The van der Waals surface area contributed by atoms with E-state index in [2.05, 4.69) is 49.1 Å². The van der Waals surface area contributed by atoms with Gasteiger partial charge in [0.05, 0.1) is 9.56 Å². The van der Waals surface area contributed by atoms with Gasteiger partial charge in [0.25, 0.3) is 0 Å². The molecule has 0 radical (unpaired) electrons. The number of thiophene rings is 1. The highest BCUT2D eigenvalue weighted by atomic mass is 32.1. The molecule has 0 spiro atoms. The number of furan rings is 1. The highest BCUT2D eigenvalue weighted by molar-refractivity contribution is 7.81. The molecule has 3 heteroatoms. The molecule has 5 rings (SSSR count). The Balaban J connectivity index is 1.53. The Morgan fingerprint density at radius 2 is 1.65 bits per heavy atom. The van der Waals surface area contributed by atoms with Gasteiger partial charge in [-0.15, -0.1) is 11.3 Å². The molecule has 2 aromatic carbocycles. The SMILES string of the molecule is C=C1/C(=C/c2cc3oc(-c4ccccc4)cc3s2)C(=S)c2ccccc21. The topological polar surface area (TPSA) is 13.1 Å². The van der Waals surface area contributed by atoms with Crippen molar-refractivity contribution < 1.29 is 4.42 Å². The summed E-state index contributed by atoms with van der Waals surface area (Å²) in [6.45, 7) is 4.24. The Hall–Kier alpha value is -2.75. The van der Waals surface area contributed by atoms with E-state index in [9.17, 15) is 0 Å². The minimum Gasteiger partial charge on any atom is -0.455 e. The van der Waals surface area contributed by atoms with Crippen LogP contribution in [0.15, 0.2) is 83.3 Å². The normalized spacial score (nSPS) is 15.2. The molecule has 0 saturated heterocycles. The summed E-state index contributed by atoms with van der Waals surface area (Å²) in [4.78, 5) is 2.00. The van der Waals surface area contributed by atoms with E-state index in [0.717, 1.165) is 53.6 Å². The van der Waals surface area contributed by atoms with Crippen LogP contribution < -0.4 is 0 Å². The van der Waals surface area contributed by atoms with Crippen molar-refractivity contribution >= 4 is 50.4 Å². The van der Waals surface area contributed by atoms with E-state index in [-0.39, 0.29) is 0 Å². The lowest BCUT2D eigenvalue weighted by molar-refractivity contribution is 0.632. The monoisotopic (exact) mass is 370 g/mol. The van der Waals surface area contributed by atoms with Crippen LogP contribution in [-0.4, -0.2) is 4.86 Å². The smallest absolute Gasteiger partial charge is 0.146 e. The molecular weight excluding hydrogens is 356 g/mol. The number of hydrogen-bond acceptors (Lipinski definition) is 3. The first kappa shape index (κ1) is 15.5. The van der Waals surface area contributed by atoms with Gasteiger partial charge in [0.1, 0.15) is 11.3 Å². The predicted octanol–water partition coefficient (Wildman–Crippen LogP) is 6.99. The number of benzene rings is 2. The van der Waals surface area contributed by atoms with E-state index in [0.29, 0.717) is 0 Å². The lowest BCUT2D eigenvalue weighted by atomic mass is 10.1. The van der Waals surface area contributed by atoms with Gasteiger partial charge in [0.15, 0.2) is 0 Å². The highest BCUT2D eigenvalue weighted by Crippen LogP contribution is 2.39. The molecule has 4 aromatic rings. The Morgan fingerprint density at radius 1 is 0.923 bits per heavy atom. The molecule has 0 unspecified atom stereocenters. The molecule has 124 valence electrons. The third kappa shape index (κ3) is 2.40. The first-order valence-corrected chi connectivity index (χ1v) is 9.57. The summed E-state index contributed by atoms with van der Waals surface area (Å²) in [5.74, 6) is 0.902. The number of hydrogen-bond donors (Lipinski definition) is 0. The van der Waals surface area contributed by atoms with Crippen LogP contribution in [0, 0.1) is 0 Å². The van der Waals surface area contributed by atoms with Crippen molar-refractivity contribution in [2.45, 2.75) is 0 Å². The summed E-state index contributed by atoms with van der Waals surface area (Å²) in [6.07, 6.45) is 2.13. The van der Waals surface area contributed by atoms with Crippen LogP contribution in [0.5, 0.6) is 0 Å². The predicted molar refractivity (Wildman–Crippen MR) is 115 cm³/mol. The van der Waals surface area contributed by atoms with E-state index in [1.165, 1.54) is 0 Å². The maximum absolute atomic E-state index is 6.04. The molecule has 0 amide bonds. The summed E-state index contributed by atoms with van der Waals surface area (Å²) < 4.78 is 7.18. The van der Waals surface area contributed by atoms with Crippen molar-refractivity contribution in [2.75, 3.05) is 0 Å². The molecule has 0 atom stereocenters. The highest BCUT2D eigenvalue weighted by Gasteiger charge is 2.24. The zero-order valence-electron chi connectivity index (χ0n) is 13.9. The first-order valence-electron chi connectivity index (χ1n) is 8.34. The van der Waals surface area contributed by atoms with Crippen molar-refractivity contribution in [1.29, 1.82) is 0 Å². The number of allylic oxidation sites excluding steroid dienone is 2. The third-order valence-electron chi connectivity index (χ3n) is 4.64. The van der Waals surface area contributed by atoms with Gasteiger partial charge in [-0.3, -0.25) is 0 Å². The van der Waals surface area contributed by atoms with Crippen molar-refractivity contribution in [3.8, 4) is 11.3 Å². The van der Waals surface area contributed by atoms with Crippen LogP contribution in [0.3, 0.4) is 0 Å². The maximum atomic E-state index is 6.04. The second kappa shape index (κ2) is 5.90. The molecule has 0 N–H and O–H groups in total. The zero-order chi connectivity index (χ0) is 17.7. The summed E-state index contributed by atoms with van der Waals surface area (Å²) in [5.41, 5.74) is 6.28. The van der Waals surface area contributed by atoms with Gasteiger partial charge in [-0.05, 0) is 23.3 Å². The molecule has 0 bridgehead atoms. The molecular formula is C23H14OS2. The Kier molecular flexibility index (Phi) is 3.52. The molecule has 0 aliphatic heterocycles. The van der Waals surface area contributed by atoms with Crippen LogP contribution in [-0.2, 0) is 0 Å². The Morgan fingerprint density at radius 3 is 2.38 bits per heavy atom.